The maximum atomic E-state index is 12.3. The number of amides is 1. The summed E-state index contributed by atoms with van der Waals surface area (Å²) < 4.78 is 21.9. The molecule has 0 bridgehead atoms. The van der Waals surface area contributed by atoms with Crippen LogP contribution in [-0.4, -0.2) is 19.8 Å². The van der Waals surface area contributed by atoms with Gasteiger partial charge in [0.2, 0.25) is 12.7 Å². The van der Waals surface area contributed by atoms with Crippen LogP contribution < -0.4 is 19.5 Å². The number of hydrogen-bond acceptors (Lipinski definition) is 5. The van der Waals surface area contributed by atoms with Crippen molar-refractivity contribution in [2.75, 3.05) is 13.9 Å². The molecule has 0 saturated heterocycles. The minimum absolute atomic E-state index is 0.206. The monoisotopic (exact) mass is 379 g/mol. The standard InChI is InChI=1S/C22H21NO5/c1-13-17-11-16(25-3)6-8-18(17)28-22(13)14(2)23-21(24)9-5-15-4-7-19-20(10-15)27-12-26-19/h4-11,14H,12H2,1-3H3,(H,23,24). The van der Waals surface area contributed by atoms with Crippen molar-refractivity contribution in [3.8, 4) is 17.2 Å². The van der Waals surface area contributed by atoms with E-state index >= 15 is 0 Å². The molecule has 0 fully saturated rings. The molecule has 0 saturated carbocycles. The maximum Gasteiger partial charge on any atom is 0.244 e. The van der Waals surface area contributed by atoms with Crippen molar-refractivity contribution in [1.82, 2.24) is 5.32 Å². The molecule has 1 aliphatic rings. The Bertz CT molecular complexity index is 1070. The number of aryl methyl sites for hydroxylation is 1. The highest BCUT2D eigenvalue weighted by Gasteiger charge is 2.18. The predicted molar refractivity (Wildman–Crippen MR) is 106 cm³/mol. The Kier molecular flexibility index (Phi) is 4.69. The molecule has 0 radical (unpaired) electrons. The van der Waals surface area contributed by atoms with Gasteiger partial charge in [0.15, 0.2) is 11.5 Å². The molecule has 1 atom stereocenters. The smallest absolute Gasteiger partial charge is 0.244 e. The van der Waals surface area contributed by atoms with Gasteiger partial charge in [-0.1, -0.05) is 6.07 Å². The van der Waals surface area contributed by atoms with E-state index in [1.54, 1.807) is 13.2 Å². The molecule has 6 heteroatoms. The van der Waals surface area contributed by atoms with Gasteiger partial charge in [-0.05, 0) is 55.8 Å². The zero-order valence-electron chi connectivity index (χ0n) is 15.9. The van der Waals surface area contributed by atoms with Gasteiger partial charge in [0.1, 0.15) is 17.1 Å². The van der Waals surface area contributed by atoms with Crippen LogP contribution >= 0.6 is 0 Å². The molecule has 4 rings (SSSR count). The lowest BCUT2D eigenvalue weighted by Crippen LogP contribution is -2.24. The first-order valence-electron chi connectivity index (χ1n) is 9.00. The van der Waals surface area contributed by atoms with Gasteiger partial charge in [-0.2, -0.15) is 0 Å². The highest BCUT2D eigenvalue weighted by Crippen LogP contribution is 2.33. The number of hydrogen-bond donors (Lipinski definition) is 1. The molecular formula is C22H21NO5. The van der Waals surface area contributed by atoms with Crippen LogP contribution in [0.3, 0.4) is 0 Å². The van der Waals surface area contributed by atoms with E-state index < -0.39 is 0 Å². The molecule has 2 aromatic carbocycles. The lowest BCUT2D eigenvalue weighted by Gasteiger charge is -2.10. The summed E-state index contributed by atoms with van der Waals surface area (Å²) in [5.41, 5.74) is 2.62. The fraction of sp³-hybridized carbons (Fsp3) is 0.227. The number of furan rings is 1. The number of nitrogens with one attached hydrogen (secondary N) is 1. The van der Waals surface area contributed by atoms with E-state index in [0.717, 1.165) is 33.6 Å². The van der Waals surface area contributed by atoms with Crippen LogP contribution in [0.2, 0.25) is 0 Å². The van der Waals surface area contributed by atoms with Crippen LogP contribution in [0, 0.1) is 6.92 Å². The molecule has 1 aliphatic heterocycles. The average Bonchev–Trinajstić information content (AvgIpc) is 3.30. The van der Waals surface area contributed by atoms with Crippen molar-refractivity contribution in [2.24, 2.45) is 0 Å². The molecule has 3 aromatic rings. The van der Waals surface area contributed by atoms with Crippen LogP contribution in [0.15, 0.2) is 46.9 Å². The molecule has 28 heavy (non-hydrogen) atoms. The van der Waals surface area contributed by atoms with Crippen molar-refractivity contribution >= 4 is 23.0 Å². The molecule has 1 N–H and O–H groups in total. The van der Waals surface area contributed by atoms with Crippen molar-refractivity contribution in [2.45, 2.75) is 19.9 Å². The zero-order chi connectivity index (χ0) is 19.7. The molecule has 6 nitrogen and oxygen atoms in total. The van der Waals surface area contributed by atoms with Crippen molar-refractivity contribution in [1.29, 1.82) is 0 Å². The van der Waals surface area contributed by atoms with Gasteiger partial charge >= 0.3 is 0 Å². The lowest BCUT2D eigenvalue weighted by atomic mass is 10.1. The summed E-state index contributed by atoms with van der Waals surface area (Å²) in [7, 11) is 1.63. The first-order valence-corrected chi connectivity index (χ1v) is 9.00. The minimum Gasteiger partial charge on any atom is -0.497 e. The third-order valence-electron chi connectivity index (χ3n) is 4.76. The summed E-state index contributed by atoms with van der Waals surface area (Å²) >= 11 is 0. The number of fused-ring (bicyclic) bond motifs is 2. The summed E-state index contributed by atoms with van der Waals surface area (Å²) in [6.45, 7) is 4.10. The zero-order valence-corrected chi connectivity index (χ0v) is 15.9. The second kappa shape index (κ2) is 7.31. The fourth-order valence-corrected chi connectivity index (χ4v) is 3.27. The van der Waals surface area contributed by atoms with E-state index in [9.17, 15) is 4.79 Å². The van der Waals surface area contributed by atoms with Gasteiger partial charge in [0, 0.05) is 17.0 Å². The lowest BCUT2D eigenvalue weighted by molar-refractivity contribution is -0.117. The van der Waals surface area contributed by atoms with E-state index in [-0.39, 0.29) is 18.7 Å². The number of carbonyl (C=O) groups excluding carboxylic acids is 1. The molecule has 0 aliphatic carbocycles. The molecule has 0 spiro atoms. The Morgan fingerprint density at radius 2 is 2.00 bits per heavy atom. The summed E-state index contributed by atoms with van der Waals surface area (Å²) in [4.78, 5) is 12.3. The average molecular weight is 379 g/mol. The van der Waals surface area contributed by atoms with Gasteiger partial charge in [-0.15, -0.1) is 0 Å². The second-order valence-electron chi connectivity index (χ2n) is 6.63. The largest absolute Gasteiger partial charge is 0.497 e. The third kappa shape index (κ3) is 3.41. The summed E-state index contributed by atoms with van der Waals surface area (Å²) in [5.74, 6) is 2.69. The van der Waals surface area contributed by atoms with Gasteiger partial charge in [0.25, 0.3) is 0 Å². The van der Waals surface area contributed by atoms with Crippen LogP contribution in [-0.2, 0) is 4.79 Å². The summed E-state index contributed by atoms with van der Waals surface area (Å²) in [5, 5.41) is 3.92. The number of carbonyl (C=O) groups is 1. The molecule has 2 heterocycles. The van der Waals surface area contributed by atoms with E-state index in [2.05, 4.69) is 5.32 Å². The summed E-state index contributed by atoms with van der Waals surface area (Å²) in [6, 6.07) is 10.9. The highest BCUT2D eigenvalue weighted by molar-refractivity contribution is 5.92. The number of ether oxygens (including phenoxy) is 3. The van der Waals surface area contributed by atoms with E-state index in [0.29, 0.717) is 11.5 Å². The molecule has 1 unspecified atom stereocenters. The number of methoxy groups -OCH3 is 1. The van der Waals surface area contributed by atoms with E-state index in [1.807, 2.05) is 50.2 Å². The van der Waals surface area contributed by atoms with Gasteiger partial charge in [-0.25, -0.2) is 0 Å². The van der Waals surface area contributed by atoms with Crippen LogP contribution in [0.5, 0.6) is 17.2 Å². The van der Waals surface area contributed by atoms with Gasteiger partial charge in [-0.3, -0.25) is 4.79 Å². The fourth-order valence-electron chi connectivity index (χ4n) is 3.27. The Hall–Kier alpha value is -3.41. The third-order valence-corrected chi connectivity index (χ3v) is 4.76. The molecule has 1 aromatic heterocycles. The van der Waals surface area contributed by atoms with Crippen molar-refractivity contribution in [3.63, 3.8) is 0 Å². The number of benzene rings is 2. The van der Waals surface area contributed by atoms with Crippen molar-refractivity contribution < 1.29 is 23.4 Å². The van der Waals surface area contributed by atoms with E-state index in [4.69, 9.17) is 18.6 Å². The molecule has 144 valence electrons. The minimum atomic E-state index is -0.271. The Labute approximate surface area is 162 Å². The van der Waals surface area contributed by atoms with Crippen molar-refractivity contribution in [3.05, 3.63) is 59.4 Å². The van der Waals surface area contributed by atoms with Gasteiger partial charge < -0.3 is 23.9 Å². The molecule has 1 amide bonds. The summed E-state index contributed by atoms with van der Waals surface area (Å²) in [6.07, 6.45) is 3.23. The Morgan fingerprint density at radius 3 is 2.82 bits per heavy atom. The normalized spacial score (nSPS) is 13.8. The first kappa shape index (κ1) is 18.0. The highest BCUT2D eigenvalue weighted by atomic mass is 16.7. The van der Waals surface area contributed by atoms with E-state index in [1.165, 1.54) is 6.08 Å². The predicted octanol–water partition coefficient (Wildman–Crippen LogP) is 4.37. The first-order chi connectivity index (χ1) is 13.5. The van der Waals surface area contributed by atoms with Gasteiger partial charge in [0.05, 0.1) is 13.2 Å². The second-order valence-corrected chi connectivity index (χ2v) is 6.63. The Balaban J connectivity index is 1.47. The quantitative estimate of drug-likeness (QED) is 0.667. The molecular weight excluding hydrogens is 358 g/mol. The SMILES string of the molecule is COc1ccc2oc(C(C)NC(=O)C=Cc3ccc4c(c3)OCO4)c(C)c2c1. The maximum absolute atomic E-state index is 12.3. The van der Waals surface area contributed by atoms with Crippen LogP contribution in [0.1, 0.15) is 29.9 Å². The van der Waals surface area contributed by atoms with Crippen LogP contribution in [0.4, 0.5) is 0 Å². The number of rotatable bonds is 5. The topological polar surface area (TPSA) is 69.9 Å². The van der Waals surface area contributed by atoms with Crippen LogP contribution in [0.25, 0.3) is 17.0 Å². The Morgan fingerprint density at radius 1 is 1.18 bits per heavy atom.